The summed E-state index contributed by atoms with van der Waals surface area (Å²) in [6.07, 6.45) is 3.37. The Morgan fingerprint density at radius 2 is 1.12 bits per heavy atom. The fourth-order valence-corrected chi connectivity index (χ4v) is 10.2. The Kier molecular flexibility index (Phi) is 7.71. The number of allylic oxidation sites excluding steroid dienone is 4. The maximum atomic E-state index is 5.56. The average Bonchev–Trinajstić information content (AvgIpc) is 3.74. The van der Waals surface area contributed by atoms with E-state index in [1.165, 1.54) is 71.4 Å². The number of nitrogens with zero attached hydrogens (tertiary/aromatic N) is 3. The number of hydrogen-bond donors (Lipinski definition) is 0. The van der Waals surface area contributed by atoms with E-state index >= 15 is 0 Å². The smallest absolute Gasteiger partial charge is 0.160 e. The molecule has 3 nitrogen and oxygen atoms in total. The van der Waals surface area contributed by atoms with Gasteiger partial charge in [-0.3, -0.25) is 0 Å². The summed E-state index contributed by atoms with van der Waals surface area (Å²) in [7, 11) is 0. The van der Waals surface area contributed by atoms with Crippen LogP contribution in [0.2, 0.25) is 0 Å². The zero-order chi connectivity index (χ0) is 40.0. The molecule has 2 aliphatic carbocycles. The van der Waals surface area contributed by atoms with Crippen LogP contribution >= 0.6 is 0 Å². The molecule has 60 heavy (non-hydrogen) atoms. The first-order valence-corrected chi connectivity index (χ1v) is 21.0. The Labute approximate surface area is 349 Å². The normalized spacial score (nSPS) is 15.8. The van der Waals surface area contributed by atoms with Crippen molar-refractivity contribution in [1.82, 2.24) is 14.5 Å². The standard InChI is InChI=1S/C57H41N3/c1-57(2)50-35-47(37-18-8-4-9-19-37)46(36-16-6-3-7-17-36)34-49(50)55-53(57)54(38-20-10-5-11-21-38)58-56(59-55)43-27-26-42-31-44(29-28-41(42)30-43)60-51-25-15-14-24-45(51)48-32-39-22-12-13-23-40(39)33-52(48)60/h3-34,47H,35H2,1-2H3. The Bertz CT molecular complexity index is 3410. The maximum absolute atomic E-state index is 5.56. The van der Waals surface area contributed by atoms with Crippen molar-refractivity contribution in [1.29, 1.82) is 0 Å². The van der Waals surface area contributed by atoms with Crippen LogP contribution in [-0.4, -0.2) is 14.5 Å². The summed E-state index contributed by atoms with van der Waals surface area (Å²) in [5, 5.41) is 7.36. The highest BCUT2D eigenvalue weighted by atomic mass is 15.0. The van der Waals surface area contributed by atoms with Crippen molar-refractivity contribution in [3.63, 3.8) is 0 Å². The minimum Gasteiger partial charge on any atom is -0.309 e. The topological polar surface area (TPSA) is 30.7 Å². The van der Waals surface area contributed by atoms with Crippen molar-refractivity contribution in [2.75, 3.05) is 0 Å². The molecule has 12 rings (SSSR count). The van der Waals surface area contributed by atoms with Crippen molar-refractivity contribution in [2.24, 2.45) is 0 Å². The molecule has 10 aromatic rings. The van der Waals surface area contributed by atoms with Crippen molar-refractivity contribution in [2.45, 2.75) is 31.6 Å². The van der Waals surface area contributed by atoms with E-state index in [-0.39, 0.29) is 11.3 Å². The van der Waals surface area contributed by atoms with Gasteiger partial charge in [0.2, 0.25) is 0 Å². The van der Waals surface area contributed by atoms with E-state index in [0.29, 0.717) is 0 Å². The molecule has 284 valence electrons. The SMILES string of the molecule is CC1(C)C2=C(C=C(c3ccccc3)C(c3ccccc3)C2)c2nc(-c3ccc4cc(-n5c6ccccc6c6cc7ccccc7cc65)ccc4c3)nc(-c3ccccc3)c21. The second-order valence-electron chi connectivity index (χ2n) is 17.0. The van der Waals surface area contributed by atoms with Crippen molar-refractivity contribution in [3.05, 3.63) is 222 Å². The summed E-state index contributed by atoms with van der Waals surface area (Å²) in [6.45, 7) is 4.75. The molecule has 2 aliphatic rings. The molecule has 0 saturated carbocycles. The highest BCUT2D eigenvalue weighted by Crippen LogP contribution is 2.57. The second kappa shape index (κ2) is 13.3. The Morgan fingerprint density at radius 3 is 1.90 bits per heavy atom. The predicted octanol–water partition coefficient (Wildman–Crippen LogP) is 14.5. The zero-order valence-corrected chi connectivity index (χ0v) is 33.6. The van der Waals surface area contributed by atoms with Crippen molar-refractivity contribution < 1.29 is 0 Å². The molecule has 0 N–H and O–H groups in total. The molecule has 0 aliphatic heterocycles. The highest BCUT2D eigenvalue weighted by molar-refractivity contribution is 6.13. The second-order valence-corrected chi connectivity index (χ2v) is 17.0. The molecule has 2 heterocycles. The van der Waals surface area contributed by atoms with E-state index in [9.17, 15) is 0 Å². The van der Waals surface area contributed by atoms with Gasteiger partial charge in [0.05, 0.1) is 22.4 Å². The molecule has 8 aromatic carbocycles. The Morgan fingerprint density at radius 1 is 0.500 bits per heavy atom. The molecule has 0 amide bonds. The molecule has 1 atom stereocenters. The maximum Gasteiger partial charge on any atom is 0.160 e. The number of fused-ring (bicyclic) bond motifs is 7. The first-order chi connectivity index (χ1) is 29.5. The van der Waals surface area contributed by atoms with Crippen molar-refractivity contribution in [3.8, 4) is 28.3 Å². The van der Waals surface area contributed by atoms with Gasteiger partial charge in [-0.05, 0) is 92.7 Å². The zero-order valence-electron chi connectivity index (χ0n) is 33.6. The lowest BCUT2D eigenvalue weighted by atomic mass is 9.71. The Hall–Kier alpha value is -7.36. The van der Waals surface area contributed by atoms with Crippen LogP contribution in [0.3, 0.4) is 0 Å². The first kappa shape index (κ1) is 34.7. The summed E-state index contributed by atoms with van der Waals surface area (Å²) in [5.74, 6) is 0.984. The first-order valence-electron chi connectivity index (χ1n) is 21.0. The monoisotopic (exact) mass is 767 g/mol. The average molecular weight is 768 g/mol. The number of para-hydroxylation sites is 1. The van der Waals surface area contributed by atoms with E-state index < -0.39 is 0 Å². The molecule has 1 unspecified atom stereocenters. The van der Waals surface area contributed by atoms with Crippen LogP contribution in [0, 0.1) is 0 Å². The largest absolute Gasteiger partial charge is 0.309 e. The summed E-state index contributed by atoms with van der Waals surface area (Å²) in [6, 6.07) is 68.2. The van der Waals surface area contributed by atoms with Crippen LogP contribution < -0.4 is 0 Å². The number of hydrogen-bond acceptors (Lipinski definition) is 2. The van der Waals surface area contributed by atoms with Crippen molar-refractivity contribution >= 4 is 54.5 Å². The molecule has 0 spiro atoms. The van der Waals surface area contributed by atoms with Gasteiger partial charge in [0.25, 0.3) is 0 Å². The Balaban J connectivity index is 1.01. The third-order valence-corrected chi connectivity index (χ3v) is 13.2. The van der Waals surface area contributed by atoms with E-state index in [0.717, 1.165) is 45.8 Å². The highest BCUT2D eigenvalue weighted by Gasteiger charge is 2.44. The molecule has 3 heteroatoms. The molecule has 0 saturated heterocycles. The lowest BCUT2D eigenvalue weighted by Crippen LogP contribution is -2.22. The summed E-state index contributed by atoms with van der Waals surface area (Å²) in [4.78, 5) is 11.0. The number of aromatic nitrogens is 3. The molecule has 2 aromatic heterocycles. The van der Waals surface area contributed by atoms with Crippen LogP contribution in [-0.2, 0) is 5.41 Å². The lowest BCUT2D eigenvalue weighted by molar-refractivity contribution is 0.592. The van der Waals surface area contributed by atoms with Gasteiger partial charge in [0, 0.05) is 50.1 Å². The van der Waals surface area contributed by atoms with Gasteiger partial charge < -0.3 is 4.57 Å². The van der Waals surface area contributed by atoms with E-state index in [4.69, 9.17) is 9.97 Å². The predicted molar refractivity (Wildman–Crippen MR) is 250 cm³/mol. The van der Waals surface area contributed by atoms with E-state index in [2.05, 4.69) is 213 Å². The summed E-state index contributed by atoms with van der Waals surface area (Å²) in [5.41, 5.74) is 15.3. The van der Waals surface area contributed by atoms with E-state index in [1.807, 2.05) is 0 Å². The van der Waals surface area contributed by atoms with Gasteiger partial charge in [0.1, 0.15) is 0 Å². The fraction of sp³-hybridized carbons (Fsp3) is 0.0877. The quantitative estimate of drug-likeness (QED) is 0.175. The van der Waals surface area contributed by atoms with Gasteiger partial charge in [-0.15, -0.1) is 0 Å². The minimum atomic E-state index is -0.265. The van der Waals surface area contributed by atoms with Crippen LogP contribution in [0.25, 0.3) is 82.8 Å². The third kappa shape index (κ3) is 5.36. The number of rotatable bonds is 5. The summed E-state index contributed by atoms with van der Waals surface area (Å²) >= 11 is 0. The van der Waals surface area contributed by atoms with Gasteiger partial charge >= 0.3 is 0 Å². The fourth-order valence-electron chi connectivity index (χ4n) is 10.2. The molecular formula is C57H41N3. The van der Waals surface area contributed by atoms with Crippen LogP contribution in [0.5, 0.6) is 0 Å². The summed E-state index contributed by atoms with van der Waals surface area (Å²) < 4.78 is 2.41. The molecular weight excluding hydrogens is 727 g/mol. The van der Waals surface area contributed by atoms with Gasteiger partial charge in [0.15, 0.2) is 5.82 Å². The molecule has 0 bridgehead atoms. The van der Waals surface area contributed by atoms with Gasteiger partial charge in [-0.1, -0.05) is 166 Å². The van der Waals surface area contributed by atoms with Gasteiger partial charge in [-0.25, -0.2) is 9.97 Å². The van der Waals surface area contributed by atoms with Crippen LogP contribution in [0.4, 0.5) is 0 Å². The minimum absolute atomic E-state index is 0.237. The molecule has 0 fully saturated rings. The van der Waals surface area contributed by atoms with Crippen LogP contribution in [0.15, 0.2) is 200 Å². The number of benzene rings is 8. The molecule has 0 radical (unpaired) electrons. The van der Waals surface area contributed by atoms with E-state index in [1.54, 1.807) is 0 Å². The van der Waals surface area contributed by atoms with Crippen LogP contribution in [0.1, 0.15) is 48.6 Å². The van der Waals surface area contributed by atoms with Gasteiger partial charge in [-0.2, -0.15) is 0 Å². The lowest BCUT2D eigenvalue weighted by Gasteiger charge is -2.32. The third-order valence-electron chi connectivity index (χ3n) is 13.2.